The van der Waals surface area contributed by atoms with E-state index in [0.717, 1.165) is 44.8 Å². The number of nitrogens with zero attached hydrogens (tertiary/aromatic N) is 3. The molecule has 3 nitrogen and oxygen atoms in total. The molecule has 11 aromatic rings. The fourth-order valence-corrected chi connectivity index (χ4v) is 9.54. The molecule has 62 heavy (non-hydrogen) atoms. The summed E-state index contributed by atoms with van der Waals surface area (Å²) >= 11 is 0. The Morgan fingerprint density at radius 3 is 1.39 bits per heavy atom. The summed E-state index contributed by atoms with van der Waals surface area (Å²) in [6.07, 6.45) is 3.66. The molecular formula is C59H37N3. The molecule has 0 saturated heterocycles. The van der Waals surface area contributed by atoms with Gasteiger partial charge in [0.15, 0.2) is 5.82 Å². The van der Waals surface area contributed by atoms with Gasteiger partial charge in [-0.15, -0.1) is 0 Å². The van der Waals surface area contributed by atoms with Crippen LogP contribution in [0.3, 0.4) is 0 Å². The van der Waals surface area contributed by atoms with Gasteiger partial charge in [-0.1, -0.05) is 188 Å². The highest BCUT2D eigenvalue weighted by atomic mass is 14.9. The summed E-state index contributed by atoms with van der Waals surface area (Å²) < 4.78 is 0. The summed E-state index contributed by atoms with van der Waals surface area (Å²) in [4.78, 5) is 14.6. The highest BCUT2D eigenvalue weighted by molar-refractivity contribution is 6.28. The Labute approximate surface area is 360 Å². The number of benzene rings is 9. The van der Waals surface area contributed by atoms with E-state index in [1.807, 2.05) is 30.6 Å². The van der Waals surface area contributed by atoms with Crippen LogP contribution in [0.5, 0.6) is 0 Å². The number of rotatable bonds is 7. The molecule has 0 aliphatic heterocycles. The summed E-state index contributed by atoms with van der Waals surface area (Å²) in [6, 6.07) is 76.1. The first kappa shape index (κ1) is 35.7. The van der Waals surface area contributed by atoms with Crippen molar-refractivity contribution in [2.45, 2.75) is 0 Å². The number of aromatic nitrogens is 3. The Morgan fingerprint density at radius 1 is 0.258 bits per heavy atom. The summed E-state index contributed by atoms with van der Waals surface area (Å²) in [5.41, 5.74) is 19.6. The first-order valence-corrected chi connectivity index (χ1v) is 21.1. The minimum Gasteiger partial charge on any atom is -0.265 e. The van der Waals surface area contributed by atoms with Crippen molar-refractivity contribution in [1.29, 1.82) is 0 Å². The number of hydrogen-bond acceptors (Lipinski definition) is 3. The molecule has 0 saturated carbocycles. The van der Waals surface area contributed by atoms with Crippen LogP contribution in [0.25, 0.3) is 122 Å². The maximum atomic E-state index is 5.21. The molecule has 2 aromatic heterocycles. The fourth-order valence-electron chi connectivity index (χ4n) is 9.54. The lowest BCUT2D eigenvalue weighted by atomic mass is 9.82. The second kappa shape index (κ2) is 14.8. The Morgan fingerprint density at radius 2 is 0.742 bits per heavy atom. The van der Waals surface area contributed by atoms with Crippen LogP contribution in [0.2, 0.25) is 0 Å². The van der Waals surface area contributed by atoms with E-state index < -0.39 is 0 Å². The zero-order chi connectivity index (χ0) is 41.0. The SMILES string of the molecule is c1ccc(-c2cc(-c3cccc(-c4ccncc4)c3)nc(-c3ccc(-c4ccc5c6c(cccc46)-c4c-5c(-c5ccccc5)c5ccccc5c4-c4ccccc4)cc3)n2)cc1. The maximum Gasteiger partial charge on any atom is 0.160 e. The van der Waals surface area contributed by atoms with Crippen molar-refractivity contribution in [2.24, 2.45) is 0 Å². The quantitative estimate of drug-likeness (QED) is 0.161. The molecule has 0 bridgehead atoms. The molecule has 0 amide bonds. The van der Waals surface area contributed by atoms with E-state index in [2.05, 4.69) is 199 Å². The second-order valence-electron chi connectivity index (χ2n) is 15.9. The van der Waals surface area contributed by atoms with Crippen LogP contribution in [0.15, 0.2) is 225 Å². The van der Waals surface area contributed by atoms with Crippen molar-refractivity contribution in [1.82, 2.24) is 15.0 Å². The van der Waals surface area contributed by atoms with Gasteiger partial charge in [0.1, 0.15) is 0 Å². The van der Waals surface area contributed by atoms with Gasteiger partial charge in [0.05, 0.1) is 11.4 Å². The molecular weight excluding hydrogens is 751 g/mol. The van der Waals surface area contributed by atoms with Crippen molar-refractivity contribution in [3.05, 3.63) is 225 Å². The molecule has 0 N–H and O–H groups in total. The minimum absolute atomic E-state index is 0.687. The van der Waals surface area contributed by atoms with E-state index in [4.69, 9.17) is 9.97 Å². The summed E-state index contributed by atoms with van der Waals surface area (Å²) in [6.45, 7) is 0. The van der Waals surface area contributed by atoms with Crippen LogP contribution < -0.4 is 0 Å². The van der Waals surface area contributed by atoms with Gasteiger partial charge in [0.2, 0.25) is 0 Å². The van der Waals surface area contributed by atoms with E-state index >= 15 is 0 Å². The van der Waals surface area contributed by atoms with Gasteiger partial charge in [-0.3, -0.25) is 4.98 Å². The predicted molar refractivity (Wildman–Crippen MR) is 257 cm³/mol. The van der Waals surface area contributed by atoms with Crippen LogP contribution in [-0.2, 0) is 0 Å². The Bertz CT molecular complexity index is 3380. The second-order valence-corrected chi connectivity index (χ2v) is 15.9. The average Bonchev–Trinajstić information content (AvgIpc) is 3.69. The molecule has 0 spiro atoms. The van der Waals surface area contributed by atoms with E-state index in [0.29, 0.717) is 5.82 Å². The fraction of sp³-hybridized carbons (Fsp3) is 0. The Balaban J connectivity index is 1.00. The third kappa shape index (κ3) is 5.94. The lowest BCUT2D eigenvalue weighted by Gasteiger charge is -2.20. The van der Waals surface area contributed by atoms with Crippen molar-refractivity contribution in [3.63, 3.8) is 0 Å². The average molecular weight is 788 g/mol. The largest absolute Gasteiger partial charge is 0.265 e. The number of hydrogen-bond donors (Lipinski definition) is 0. The van der Waals surface area contributed by atoms with Gasteiger partial charge in [-0.25, -0.2) is 9.97 Å². The topological polar surface area (TPSA) is 38.7 Å². The highest BCUT2D eigenvalue weighted by Crippen LogP contribution is 2.58. The molecule has 0 unspecified atom stereocenters. The first-order chi connectivity index (χ1) is 30.8. The summed E-state index contributed by atoms with van der Waals surface area (Å²) in [5.74, 6) is 0.687. The van der Waals surface area contributed by atoms with Crippen molar-refractivity contribution in [3.8, 4) is 101 Å². The normalized spacial score (nSPS) is 11.5. The van der Waals surface area contributed by atoms with Crippen molar-refractivity contribution >= 4 is 21.5 Å². The van der Waals surface area contributed by atoms with Gasteiger partial charge in [0.25, 0.3) is 0 Å². The summed E-state index contributed by atoms with van der Waals surface area (Å²) in [7, 11) is 0. The molecule has 2 heterocycles. The van der Waals surface area contributed by atoms with E-state index in [-0.39, 0.29) is 0 Å². The Kier molecular flexibility index (Phi) is 8.50. The van der Waals surface area contributed by atoms with Crippen LogP contribution in [0, 0.1) is 0 Å². The van der Waals surface area contributed by atoms with E-state index in [1.54, 1.807) is 0 Å². The molecule has 0 radical (unpaired) electrons. The first-order valence-electron chi connectivity index (χ1n) is 21.1. The molecule has 9 aromatic carbocycles. The third-order valence-corrected chi connectivity index (χ3v) is 12.3. The zero-order valence-corrected chi connectivity index (χ0v) is 33.7. The predicted octanol–water partition coefficient (Wildman–Crippen LogP) is 15.5. The van der Waals surface area contributed by atoms with Crippen molar-refractivity contribution < 1.29 is 0 Å². The zero-order valence-electron chi connectivity index (χ0n) is 33.7. The summed E-state index contributed by atoms with van der Waals surface area (Å²) in [5, 5.41) is 5.07. The van der Waals surface area contributed by atoms with Gasteiger partial charge >= 0.3 is 0 Å². The number of pyridine rings is 1. The van der Waals surface area contributed by atoms with Gasteiger partial charge < -0.3 is 0 Å². The van der Waals surface area contributed by atoms with Crippen LogP contribution in [-0.4, -0.2) is 15.0 Å². The molecule has 3 heteroatoms. The van der Waals surface area contributed by atoms with Crippen LogP contribution in [0.4, 0.5) is 0 Å². The highest BCUT2D eigenvalue weighted by Gasteiger charge is 2.31. The van der Waals surface area contributed by atoms with Gasteiger partial charge in [0, 0.05) is 29.1 Å². The van der Waals surface area contributed by atoms with Gasteiger partial charge in [-0.05, 0) is 113 Å². The molecule has 1 aliphatic rings. The maximum absolute atomic E-state index is 5.21. The van der Waals surface area contributed by atoms with E-state index in [1.165, 1.54) is 71.6 Å². The standard InChI is InChI=1S/C59H37N3/c1-4-14-40(15-5-1)52-37-53(45-21-12-20-44(36-45)38-32-34-60-35-33-38)62-59(61-52)43-28-26-39(27-29-43)46-30-31-51-56-47(46)24-13-25-50(56)57-54(41-16-6-2-7-17-41)48-22-10-11-23-49(48)55(58(51)57)42-18-8-3-9-19-42/h1-37H. The monoisotopic (exact) mass is 787 g/mol. The molecule has 288 valence electrons. The number of fused-ring (bicyclic) bond motifs is 4. The third-order valence-electron chi connectivity index (χ3n) is 12.3. The molecule has 0 atom stereocenters. The van der Waals surface area contributed by atoms with E-state index in [9.17, 15) is 0 Å². The lowest BCUT2D eigenvalue weighted by molar-refractivity contribution is 1.18. The lowest BCUT2D eigenvalue weighted by Crippen LogP contribution is -1.96. The Hall–Kier alpha value is -8.27. The van der Waals surface area contributed by atoms with Gasteiger partial charge in [-0.2, -0.15) is 0 Å². The molecule has 0 fully saturated rings. The minimum atomic E-state index is 0.687. The molecule has 12 rings (SSSR count). The van der Waals surface area contributed by atoms with Crippen LogP contribution >= 0.6 is 0 Å². The van der Waals surface area contributed by atoms with Crippen LogP contribution in [0.1, 0.15) is 0 Å². The van der Waals surface area contributed by atoms with Crippen molar-refractivity contribution in [2.75, 3.05) is 0 Å². The molecule has 1 aliphatic carbocycles. The smallest absolute Gasteiger partial charge is 0.160 e.